The summed E-state index contributed by atoms with van der Waals surface area (Å²) in [5, 5.41) is 3.47. The van der Waals surface area contributed by atoms with Crippen molar-refractivity contribution in [2.75, 3.05) is 23.3 Å². The monoisotopic (exact) mass is 354 g/mol. The minimum absolute atomic E-state index is 0.487. The standard InChI is InChI=1S/C21H30N4O/c1-7-17(8-2)25-10-9-22-18-20(25)23-16(6)24-21(18)26-19-14(4)11-13(3)12-15(19)5/h11-12,17,22H,7-10H2,1-6H3. The van der Waals surface area contributed by atoms with Gasteiger partial charge in [-0.1, -0.05) is 31.5 Å². The molecule has 0 spiro atoms. The van der Waals surface area contributed by atoms with Gasteiger partial charge in [0, 0.05) is 19.1 Å². The number of ether oxygens (including phenoxy) is 1. The van der Waals surface area contributed by atoms with Gasteiger partial charge in [0.15, 0.2) is 5.82 Å². The van der Waals surface area contributed by atoms with Gasteiger partial charge in [0.05, 0.1) is 0 Å². The van der Waals surface area contributed by atoms with Crippen molar-refractivity contribution >= 4 is 11.5 Å². The molecule has 5 nitrogen and oxygen atoms in total. The van der Waals surface area contributed by atoms with E-state index in [9.17, 15) is 0 Å². The fraction of sp³-hybridized carbons (Fsp3) is 0.524. The molecule has 0 radical (unpaired) electrons. The summed E-state index contributed by atoms with van der Waals surface area (Å²) in [6.07, 6.45) is 2.21. The van der Waals surface area contributed by atoms with E-state index in [1.54, 1.807) is 0 Å². The first-order chi connectivity index (χ1) is 12.4. The molecule has 140 valence electrons. The van der Waals surface area contributed by atoms with Gasteiger partial charge in [-0.15, -0.1) is 0 Å². The smallest absolute Gasteiger partial charge is 0.248 e. The molecule has 3 rings (SSSR count). The maximum atomic E-state index is 6.33. The molecule has 1 aliphatic heterocycles. The first kappa shape index (κ1) is 18.5. The summed E-state index contributed by atoms with van der Waals surface area (Å²) in [4.78, 5) is 11.8. The highest BCUT2D eigenvalue weighted by Gasteiger charge is 2.28. The zero-order chi connectivity index (χ0) is 18.8. The summed E-state index contributed by atoms with van der Waals surface area (Å²) in [6.45, 7) is 14.5. The fourth-order valence-electron chi connectivity index (χ4n) is 3.89. The Morgan fingerprint density at radius 3 is 2.35 bits per heavy atom. The summed E-state index contributed by atoms with van der Waals surface area (Å²) in [5.74, 6) is 3.21. The molecule has 0 amide bonds. The summed E-state index contributed by atoms with van der Waals surface area (Å²) in [7, 11) is 0. The van der Waals surface area contributed by atoms with E-state index in [2.05, 4.69) is 62.0 Å². The van der Waals surface area contributed by atoms with Gasteiger partial charge in [0.25, 0.3) is 0 Å². The number of nitrogens with zero attached hydrogens (tertiary/aromatic N) is 3. The number of benzene rings is 1. The number of anilines is 2. The predicted octanol–water partition coefficient (Wildman–Crippen LogP) is 4.92. The van der Waals surface area contributed by atoms with Crippen LogP contribution in [0.2, 0.25) is 0 Å². The lowest BCUT2D eigenvalue weighted by atomic mass is 10.1. The van der Waals surface area contributed by atoms with Crippen LogP contribution < -0.4 is 15.0 Å². The van der Waals surface area contributed by atoms with Crippen LogP contribution in [0.25, 0.3) is 0 Å². The van der Waals surface area contributed by atoms with Gasteiger partial charge in [-0.2, -0.15) is 4.98 Å². The van der Waals surface area contributed by atoms with Crippen LogP contribution in [0.3, 0.4) is 0 Å². The second-order valence-corrected chi connectivity index (χ2v) is 7.19. The molecule has 2 heterocycles. The number of fused-ring (bicyclic) bond motifs is 1. The first-order valence-corrected chi connectivity index (χ1v) is 9.59. The van der Waals surface area contributed by atoms with E-state index in [0.717, 1.165) is 60.1 Å². The number of aromatic nitrogens is 2. The second kappa shape index (κ2) is 7.52. The van der Waals surface area contributed by atoms with Crippen LogP contribution in [0, 0.1) is 27.7 Å². The topological polar surface area (TPSA) is 50.3 Å². The molecule has 1 aromatic heterocycles. The maximum absolute atomic E-state index is 6.33. The highest BCUT2D eigenvalue weighted by Crippen LogP contribution is 2.39. The maximum Gasteiger partial charge on any atom is 0.248 e. The van der Waals surface area contributed by atoms with Crippen molar-refractivity contribution in [2.45, 2.75) is 60.4 Å². The van der Waals surface area contributed by atoms with Crippen LogP contribution >= 0.6 is 0 Å². The molecule has 1 aliphatic rings. The van der Waals surface area contributed by atoms with Crippen LogP contribution in [0.5, 0.6) is 11.6 Å². The van der Waals surface area contributed by atoms with E-state index in [1.165, 1.54) is 5.56 Å². The van der Waals surface area contributed by atoms with Crippen LogP contribution in [0.15, 0.2) is 12.1 Å². The Labute approximate surface area is 156 Å². The van der Waals surface area contributed by atoms with E-state index in [0.29, 0.717) is 11.9 Å². The molecule has 26 heavy (non-hydrogen) atoms. The quantitative estimate of drug-likeness (QED) is 0.825. The zero-order valence-electron chi connectivity index (χ0n) is 16.8. The average Bonchev–Trinajstić information content (AvgIpc) is 2.59. The number of rotatable bonds is 5. The molecule has 0 saturated heterocycles. The Bertz CT molecular complexity index is 776. The van der Waals surface area contributed by atoms with Gasteiger partial charge in [0.1, 0.15) is 17.3 Å². The molecule has 0 aliphatic carbocycles. The Morgan fingerprint density at radius 1 is 1.08 bits per heavy atom. The minimum atomic E-state index is 0.487. The second-order valence-electron chi connectivity index (χ2n) is 7.19. The summed E-state index contributed by atoms with van der Waals surface area (Å²) < 4.78 is 6.33. The highest BCUT2D eigenvalue weighted by atomic mass is 16.5. The number of hydrogen-bond donors (Lipinski definition) is 1. The van der Waals surface area contributed by atoms with Gasteiger partial charge in [-0.05, 0) is 51.7 Å². The third-order valence-corrected chi connectivity index (χ3v) is 5.08. The average molecular weight is 354 g/mol. The molecule has 0 saturated carbocycles. The van der Waals surface area contributed by atoms with E-state index in [4.69, 9.17) is 9.72 Å². The van der Waals surface area contributed by atoms with Gasteiger partial charge < -0.3 is 15.0 Å². The van der Waals surface area contributed by atoms with Crippen molar-refractivity contribution in [3.05, 3.63) is 34.6 Å². The third-order valence-electron chi connectivity index (χ3n) is 5.08. The van der Waals surface area contributed by atoms with Crippen molar-refractivity contribution in [1.29, 1.82) is 0 Å². The van der Waals surface area contributed by atoms with Crippen LogP contribution in [-0.2, 0) is 0 Å². The summed E-state index contributed by atoms with van der Waals surface area (Å²) in [5.41, 5.74) is 4.40. The Kier molecular flexibility index (Phi) is 5.35. The first-order valence-electron chi connectivity index (χ1n) is 9.59. The summed E-state index contributed by atoms with van der Waals surface area (Å²) >= 11 is 0. The van der Waals surface area contributed by atoms with Crippen LogP contribution in [-0.4, -0.2) is 29.1 Å². The van der Waals surface area contributed by atoms with Gasteiger partial charge in [-0.3, -0.25) is 0 Å². The fourth-order valence-corrected chi connectivity index (χ4v) is 3.89. The largest absolute Gasteiger partial charge is 0.436 e. The molecule has 0 atom stereocenters. The van der Waals surface area contributed by atoms with Crippen molar-refractivity contribution in [3.8, 4) is 11.6 Å². The predicted molar refractivity (Wildman–Crippen MR) is 108 cm³/mol. The van der Waals surface area contributed by atoms with Crippen LogP contribution in [0.4, 0.5) is 11.5 Å². The zero-order valence-corrected chi connectivity index (χ0v) is 16.8. The Hall–Kier alpha value is -2.30. The molecular formula is C21H30N4O. The lowest BCUT2D eigenvalue weighted by Crippen LogP contribution is -2.42. The Balaban J connectivity index is 2.05. The van der Waals surface area contributed by atoms with E-state index in [-0.39, 0.29) is 0 Å². The molecule has 5 heteroatoms. The molecule has 0 unspecified atom stereocenters. The number of aryl methyl sites for hydroxylation is 4. The lowest BCUT2D eigenvalue weighted by molar-refractivity contribution is 0.452. The lowest BCUT2D eigenvalue weighted by Gasteiger charge is -2.37. The molecule has 1 N–H and O–H groups in total. The third kappa shape index (κ3) is 3.48. The highest BCUT2D eigenvalue weighted by molar-refractivity contribution is 5.74. The van der Waals surface area contributed by atoms with E-state index in [1.807, 2.05) is 6.92 Å². The van der Waals surface area contributed by atoms with Gasteiger partial charge >= 0.3 is 0 Å². The van der Waals surface area contributed by atoms with Gasteiger partial charge in [-0.25, -0.2) is 4.98 Å². The molecular weight excluding hydrogens is 324 g/mol. The number of hydrogen-bond acceptors (Lipinski definition) is 5. The molecule has 0 bridgehead atoms. The SMILES string of the molecule is CCC(CC)N1CCNc2c(Oc3c(C)cc(C)cc3C)nc(C)nc21. The molecule has 1 aromatic carbocycles. The van der Waals surface area contributed by atoms with Crippen molar-refractivity contribution in [2.24, 2.45) is 0 Å². The van der Waals surface area contributed by atoms with Crippen molar-refractivity contribution in [3.63, 3.8) is 0 Å². The Morgan fingerprint density at radius 2 is 1.73 bits per heavy atom. The van der Waals surface area contributed by atoms with Crippen LogP contribution in [0.1, 0.15) is 49.2 Å². The van der Waals surface area contributed by atoms with E-state index >= 15 is 0 Å². The normalized spacial score (nSPS) is 13.6. The van der Waals surface area contributed by atoms with Crippen molar-refractivity contribution in [1.82, 2.24) is 9.97 Å². The number of nitrogens with one attached hydrogen (secondary N) is 1. The van der Waals surface area contributed by atoms with E-state index < -0.39 is 0 Å². The summed E-state index contributed by atoms with van der Waals surface area (Å²) in [6, 6.07) is 4.78. The molecule has 2 aromatic rings. The van der Waals surface area contributed by atoms with Crippen molar-refractivity contribution < 1.29 is 4.74 Å². The minimum Gasteiger partial charge on any atom is -0.436 e. The van der Waals surface area contributed by atoms with Gasteiger partial charge in [0.2, 0.25) is 5.88 Å². The molecule has 0 fully saturated rings.